The first-order valence-corrected chi connectivity index (χ1v) is 8.28. The second-order valence-electron chi connectivity index (χ2n) is 6.74. The number of hydrogen-bond donors (Lipinski definition) is 2. The molecular formula is C17H23BO5. The third kappa shape index (κ3) is 2.49. The highest BCUT2D eigenvalue weighted by molar-refractivity contribution is 6.47. The molecule has 5 nitrogen and oxygen atoms in total. The van der Waals surface area contributed by atoms with Crippen LogP contribution >= 0.6 is 0 Å². The standard InChI is InChI=1S/C17H23BO5/c1-4-5-10-8-9(2)13-11-6-7-12(22-3)14(17(19)20)16(11)23-18(21)15(10)13/h6-7,9-10,13,15,21H,4-5,8H2,1-3H3,(H,19,20). The van der Waals surface area contributed by atoms with Crippen LogP contribution in [0.3, 0.4) is 0 Å². The molecule has 1 aromatic rings. The molecule has 1 aliphatic heterocycles. The van der Waals surface area contributed by atoms with E-state index in [1.165, 1.54) is 7.11 Å². The third-order valence-electron chi connectivity index (χ3n) is 5.42. The SMILES string of the molecule is CCCC1CC(C)C2c3ccc(OC)c(C(=O)O)c3OB(O)C12. The van der Waals surface area contributed by atoms with Gasteiger partial charge in [0.1, 0.15) is 17.1 Å². The summed E-state index contributed by atoms with van der Waals surface area (Å²) >= 11 is 0. The highest BCUT2D eigenvalue weighted by Crippen LogP contribution is 2.59. The quantitative estimate of drug-likeness (QED) is 0.834. The first-order chi connectivity index (χ1) is 11.0. The van der Waals surface area contributed by atoms with E-state index in [1.807, 2.05) is 6.07 Å². The molecule has 1 aromatic carbocycles. The van der Waals surface area contributed by atoms with Gasteiger partial charge in [-0.15, -0.1) is 0 Å². The van der Waals surface area contributed by atoms with E-state index in [0.717, 1.165) is 24.8 Å². The second kappa shape index (κ2) is 6.08. The Kier molecular flexibility index (Phi) is 4.28. The summed E-state index contributed by atoms with van der Waals surface area (Å²) < 4.78 is 10.9. The van der Waals surface area contributed by atoms with Crippen molar-refractivity contribution in [2.24, 2.45) is 11.8 Å². The minimum absolute atomic E-state index is 0.00800. The maximum absolute atomic E-state index is 11.7. The van der Waals surface area contributed by atoms with E-state index in [0.29, 0.717) is 11.8 Å². The lowest BCUT2D eigenvalue weighted by Gasteiger charge is -2.35. The van der Waals surface area contributed by atoms with Crippen molar-refractivity contribution in [1.29, 1.82) is 0 Å². The Morgan fingerprint density at radius 2 is 2.22 bits per heavy atom. The van der Waals surface area contributed by atoms with Gasteiger partial charge in [0, 0.05) is 5.82 Å². The van der Waals surface area contributed by atoms with Crippen molar-refractivity contribution in [1.82, 2.24) is 0 Å². The molecule has 2 N–H and O–H groups in total. The van der Waals surface area contributed by atoms with E-state index in [4.69, 9.17) is 9.39 Å². The molecule has 0 aromatic heterocycles. The molecule has 0 radical (unpaired) electrons. The van der Waals surface area contributed by atoms with Gasteiger partial charge >= 0.3 is 13.1 Å². The maximum atomic E-state index is 11.7. The van der Waals surface area contributed by atoms with Gasteiger partial charge in [-0.3, -0.25) is 0 Å². The smallest absolute Gasteiger partial charge is 0.526 e. The van der Waals surface area contributed by atoms with Gasteiger partial charge in [-0.05, 0) is 35.8 Å². The zero-order valence-corrected chi connectivity index (χ0v) is 13.8. The highest BCUT2D eigenvalue weighted by atomic mass is 16.5. The minimum Gasteiger partial charge on any atom is -0.535 e. The van der Waals surface area contributed by atoms with E-state index >= 15 is 0 Å². The van der Waals surface area contributed by atoms with Crippen molar-refractivity contribution in [3.63, 3.8) is 0 Å². The normalized spacial score (nSPS) is 28.8. The molecule has 2 aliphatic rings. The number of benzene rings is 1. The van der Waals surface area contributed by atoms with E-state index in [-0.39, 0.29) is 28.8 Å². The number of hydrogen-bond acceptors (Lipinski definition) is 4. The molecule has 23 heavy (non-hydrogen) atoms. The van der Waals surface area contributed by atoms with Crippen LogP contribution in [0.15, 0.2) is 12.1 Å². The Morgan fingerprint density at radius 3 is 2.83 bits per heavy atom. The summed E-state index contributed by atoms with van der Waals surface area (Å²) in [6.45, 7) is 4.33. The molecule has 6 heteroatoms. The first-order valence-electron chi connectivity index (χ1n) is 8.28. The number of fused-ring (bicyclic) bond motifs is 3. The second-order valence-corrected chi connectivity index (χ2v) is 6.74. The molecule has 1 fully saturated rings. The Balaban J connectivity index is 2.11. The van der Waals surface area contributed by atoms with Crippen molar-refractivity contribution in [3.05, 3.63) is 23.3 Å². The van der Waals surface area contributed by atoms with Crippen LogP contribution in [-0.2, 0) is 0 Å². The molecule has 124 valence electrons. The van der Waals surface area contributed by atoms with Gasteiger partial charge in [0.15, 0.2) is 0 Å². The Bertz CT molecular complexity index is 617. The van der Waals surface area contributed by atoms with Gasteiger partial charge in [-0.25, -0.2) is 4.79 Å². The fourth-order valence-corrected chi connectivity index (χ4v) is 4.60. The lowest BCUT2D eigenvalue weighted by atomic mass is 9.58. The Labute approximate surface area is 136 Å². The van der Waals surface area contributed by atoms with Crippen molar-refractivity contribution >= 4 is 13.1 Å². The van der Waals surface area contributed by atoms with Gasteiger partial charge < -0.3 is 19.5 Å². The summed E-state index contributed by atoms with van der Waals surface area (Å²) in [5.74, 6) is 0.414. The van der Waals surface area contributed by atoms with Crippen LogP contribution in [0.5, 0.6) is 11.5 Å². The summed E-state index contributed by atoms with van der Waals surface area (Å²) in [6, 6.07) is 3.59. The summed E-state index contributed by atoms with van der Waals surface area (Å²) in [5, 5.41) is 20.1. The number of rotatable bonds is 4. The van der Waals surface area contributed by atoms with E-state index in [9.17, 15) is 14.9 Å². The molecule has 4 unspecified atom stereocenters. The topological polar surface area (TPSA) is 76.0 Å². The van der Waals surface area contributed by atoms with Gasteiger partial charge in [-0.2, -0.15) is 0 Å². The summed E-state index contributed by atoms with van der Waals surface area (Å²) in [7, 11) is 0.477. The van der Waals surface area contributed by atoms with Crippen molar-refractivity contribution < 1.29 is 24.3 Å². The van der Waals surface area contributed by atoms with Crippen LogP contribution in [0, 0.1) is 11.8 Å². The molecule has 1 saturated carbocycles. The largest absolute Gasteiger partial charge is 0.535 e. The average Bonchev–Trinajstić information content (AvgIpc) is 2.84. The van der Waals surface area contributed by atoms with Crippen molar-refractivity contribution in [2.75, 3.05) is 7.11 Å². The van der Waals surface area contributed by atoms with Gasteiger partial charge in [0.25, 0.3) is 0 Å². The van der Waals surface area contributed by atoms with Gasteiger partial charge in [0.2, 0.25) is 0 Å². The van der Waals surface area contributed by atoms with Crippen molar-refractivity contribution in [3.8, 4) is 11.5 Å². The molecule has 1 aliphatic carbocycles. The summed E-state index contributed by atoms with van der Waals surface area (Å²) in [6.07, 6.45) is 3.17. The molecule has 1 heterocycles. The number of carboxylic acid groups (broad SMARTS) is 1. The van der Waals surface area contributed by atoms with Crippen LogP contribution in [0.1, 0.15) is 54.9 Å². The predicted octanol–water partition coefficient (Wildman–Crippen LogP) is 3.18. The predicted molar refractivity (Wildman–Crippen MR) is 87.2 cm³/mol. The van der Waals surface area contributed by atoms with Gasteiger partial charge in [0.05, 0.1) is 7.11 Å². The number of carboxylic acids is 1. The molecule has 0 bridgehead atoms. The zero-order chi connectivity index (χ0) is 16.7. The number of aromatic carboxylic acids is 1. The lowest BCUT2D eigenvalue weighted by Crippen LogP contribution is -2.38. The highest BCUT2D eigenvalue weighted by Gasteiger charge is 2.53. The minimum atomic E-state index is -1.10. The maximum Gasteiger partial charge on any atom is 0.526 e. The molecule has 4 atom stereocenters. The fraction of sp³-hybridized carbons (Fsp3) is 0.588. The van der Waals surface area contributed by atoms with Crippen LogP contribution in [0.25, 0.3) is 0 Å². The van der Waals surface area contributed by atoms with Crippen LogP contribution in [0.2, 0.25) is 5.82 Å². The van der Waals surface area contributed by atoms with E-state index in [2.05, 4.69) is 13.8 Å². The number of methoxy groups -OCH3 is 1. The van der Waals surface area contributed by atoms with E-state index in [1.54, 1.807) is 6.07 Å². The summed E-state index contributed by atoms with van der Waals surface area (Å²) in [4.78, 5) is 11.7. The third-order valence-corrected chi connectivity index (χ3v) is 5.42. The number of ether oxygens (including phenoxy) is 1. The van der Waals surface area contributed by atoms with Crippen LogP contribution in [0.4, 0.5) is 0 Å². The number of carbonyl (C=O) groups is 1. The Morgan fingerprint density at radius 1 is 1.48 bits per heavy atom. The van der Waals surface area contributed by atoms with Crippen molar-refractivity contribution in [2.45, 2.75) is 44.8 Å². The lowest BCUT2D eigenvalue weighted by molar-refractivity contribution is 0.0690. The molecule has 0 saturated heterocycles. The molecule has 0 spiro atoms. The monoisotopic (exact) mass is 318 g/mol. The van der Waals surface area contributed by atoms with Crippen LogP contribution < -0.4 is 9.39 Å². The first kappa shape index (κ1) is 16.2. The fourth-order valence-electron chi connectivity index (χ4n) is 4.60. The van der Waals surface area contributed by atoms with E-state index < -0.39 is 13.1 Å². The summed E-state index contributed by atoms with van der Waals surface area (Å²) in [5.41, 5.74) is 0.901. The molecular weight excluding hydrogens is 295 g/mol. The van der Waals surface area contributed by atoms with Crippen LogP contribution in [-0.4, -0.2) is 30.3 Å². The molecule has 3 rings (SSSR count). The zero-order valence-electron chi connectivity index (χ0n) is 13.8. The Hall–Kier alpha value is -1.69. The molecule has 0 amide bonds. The average molecular weight is 318 g/mol. The van der Waals surface area contributed by atoms with Gasteiger partial charge in [-0.1, -0.05) is 32.8 Å².